The lowest BCUT2D eigenvalue weighted by molar-refractivity contribution is -0.135. The lowest BCUT2D eigenvalue weighted by Gasteiger charge is -2.25. The predicted octanol–water partition coefficient (Wildman–Crippen LogP) is 0.869. The van der Waals surface area contributed by atoms with Crippen LogP contribution in [0.25, 0.3) is 0 Å². The Morgan fingerprint density at radius 2 is 2.00 bits per heavy atom. The third kappa shape index (κ3) is 7.68. The molecule has 3 amide bonds. The molecule has 6 nitrogen and oxygen atoms in total. The molecule has 0 atom stereocenters. The van der Waals surface area contributed by atoms with Gasteiger partial charge in [0.05, 0.1) is 5.60 Å². The van der Waals surface area contributed by atoms with Crippen LogP contribution in [0, 0.1) is 0 Å². The van der Waals surface area contributed by atoms with Crippen LogP contribution >= 0.6 is 0 Å². The number of allylic oxidation sites excluding steroid dienone is 1. The van der Waals surface area contributed by atoms with Crippen molar-refractivity contribution in [1.29, 1.82) is 0 Å². The summed E-state index contributed by atoms with van der Waals surface area (Å²) >= 11 is 0. The molecular formula is C14H24N2O4. The van der Waals surface area contributed by atoms with Gasteiger partial charge in [-0.15, -0.1) is 0 Å². The van der Waals surface area contributed by atoms with Gasteiger partial charge in [0.25, 0.3) is 5.91 Å². The van der Waals surface area contributed by atoms with Crippen molar-refractivity contribution < 1.29 is 19.1 Å². The molecule has 0 aliphatic carbocycles. The molecule has 1 N–H and O–H groups in total. The zero-order valence-corrected chi connectivity index (χ0v) is 12.6. The molecule has 0 unspecified atom stereocenters. The second kappa shape index (κ2) is 9.25. The van der Waals surface area contributed by atoms with Crippen molar-refractivity contribution in [1.82, 2.24) is 10.2 Å². The average Bonchev–Trinajstić information content (AvgIpc) is 2.37. The predicted molar refractivity (Wildman–Crippen MR) is 75.9 cm³/mol. The van der Waals surface area contributed by atoms with Crippen LogP contribution in [0.3, 0.4) is 0 Å². The average molecular weight is 284 g/mol. The monoisotopic (exact) mass is 284 g/mol. The van der Waals surface area contributed by atoms with Crippen LogP contribution in [0.2, 0.25) is 0 Å². The Morgan fingerprint density at radius 1 is 1.35 bits per heavy atom. The summed E-state index contributed by atoms with van der Waals surface area (Å²) in [6.07, 6.45) is 3.33. The maximum atomic E-state index is 11.7. The van der Waals surface area contributed by atoms with E-state index in [2.05, 4.69) is 5.32 Å². The van der Waals surface area contributed by atoms with Crippen LogP contribution < -0.4 is 5.32 Å². The second-order valence-corrected chi connectivity index (χ2v) is 4.86. The Morgan fingerprint density at radius 3 is 2.50 bits per heavy atom. The van der Waals surface area contributed by atoms with Gasteiger partial charge in [0.15, 0.2) is 0 Å². The first-order valence-electron chi connectivity index (χ1n) is 6.65. The lowest BCUT2D eigenvalue weighted by Crippen LogP contribution is -2.41. The summed E-state index contributed by atoms with van der Waals surface area (Å²) < 4.78 is 5.45. The van der Waals surface area contributed by atoms with Crippen molar-refractivity contribution in [2.45, 2.75) is 39.7 Å². The van der Waals surface area contributed by atoms with Crippen LogP contribution in [0.15, 0.2) is 12.2 Å². The van der Waals surface area contributed by atoms with Gasteiger partial charge in [0, 0.05) is 26.1 Å². The molecule has 0 bridgehead atoms. The van der Waals surface area contributed by atoms with Gasteiger partial charge in [0.1, 0.15) is 0 Å². The van der Waals surface area contributed by atoms with Crippen molar-refractivity contribution in [3.05, 3.63) is 12.2 Å². The number of ether oxygens (including phenoxy) is 1. The fourth-order valence-electron chi connectivity index (χ4n) is 1.52. The first-order valence-corrected chi connectivity index (χ1v) is 6.65. The fraction of sp³-hybridized carbons (Fsp3) is 0.643. The Balaban J connectivity index is 4.15. The topological polar surface area (TPSA) is 75.7 Å². The van der Waals surface area contributed by atoms with Gasteiger partial charge in [-0.1, -0.05) is 6.08 Å². The number of imide groups is 1. The largest absolute Gasteiger partial charge is 0.374 e. The second-order valence-electron chi connectivity index (χ2n) is 4.86. The Labute approximate surface area is 120 Å². The molecule has 0 fully saturated rings. The number of nitrogens with zero attached hydrogens (tertiary/aromatic N) is 1. The summed E-state index contributed by atoms with van der Waals surface area (Å²) in [5.41, 5.74) is -0.435. The molecule has 0 aromatic carbocycles. The highest BCUT2D eigenvalue weighted by Gasteiger charge is 2.19. The minimum atomic E-state index is -0.435. The highest BCUT2D eigenvalue weighted by molar-refractivity contribution is 5.94. The van der Waals surface area contributed by atoms with Crippen LogP contribution in [0.5, 0.6) is 0 Å². The van der Waals surface area contributed by atoms with Crippen LogP contribution in [0.4, 0.5) is 0 Å². The number of rotatable bonds is 9. The Hall–Kier alpha value is -1.69. The third-order valence-corrected chi connectivity index (χ3v) is 2.55. The number of hydrogen-bond acceptors (Lipinski definition) is 4. The molecule has 0 saturated carbocycles. The highest BCUT2D eigenvalue weighted by Crippen LogP contribution is 2.06. The van der Waals surface area contributed by atoms with E-state index in [-0.39, 0.29) is 18.9 Å². The molecule has 0 aromatic heterocycles. The molecule has 0 aromatic rings. The number of amides is 3. The van der Waals surface area contributed by atoms with Gasteiger partial charge in [-0.2, -0.15) is 0 Å². The van der Waals surface area contributed by atoms with E-state index in [0.717, 1.165) is 4.90 Å². The third-order valence-electron chi connectivity index (χ3n) is 2.55. The molecule has 0 rings (SSSR count). The zero-order chi connectivity index (χ0) is 15.6. The van der Waals surface area contributed by atoms with Gasteiger partial charge in [0.2, 0.25) is 12.3 Å². The highest BCUT2D eigenvalue weighted by atomic mass is 16.5. The van der Waals surface area contributed by atoms with E-state index in [1.807, 2.05) is 20.8 Å². The van der Waals surface area contributed by atoms with E-state index in [1.54, 1.807) is 13.0 Å². The summed E-state index contributed by atoms with van der Waals surface area (Å²) in [6.45, 7) is 8.34. The summed E-state index contributed by atoms with van der Waals surface area (Å²) in [5.74, 6) is -0.650. The molecule has 0 radical (unpaired) electrons. The summed E-state index contributed by atoms with van der Waals surface area (Å²) in [4.78, 5) is 34.8. The van der Waals surface area contributed by atoms with Crippen molar-refractivity contribution in [3.8, 4) is 0 Å². The van der Waals surface area contributed by atoms with E-state index in [9.17, 15) is 14.4 Å². The van der Waals surface area contributed by atoms with Gasteiger partial charge in [-0.3, -0.25) is 19.3 Å². The molecule has 0 heterocycles. The summed E-state index contributed by atoms with van der Waals surface area (Å²) in [6, 6.07) is 0. The number of carbonyl (C=O) groups is 3. The van der Waals surface area contributed by atoms with E-state index in [0.29, 0.717) is 19.6 Å². The van der Waals surface area contributed by atoms with Crippen molar-refractivity contribution in [2.24, 2.45) is 0 Å². The standard InChI is InChI=1S/C14H24N2O4/c1-5-7-13(19)16(11-17)9-8-12(18)15-10-14(3,4)20-6-2/h5,7,11H,6,8-10H2,1-4H3,(H,15,18)/b7-5-. The Kier molecular flexibility index (Phi) is 8.47. The number of hydrogen-bond donors (Lipinski definition) is 1. The maximum Gasteiger partial charge on any atom is 0.252 e. The SMILES string of the molecule is C/C=C\C(=O)N(C=O)CCC(=O)NCC(C)(C)OCC. The van der Waals surface area contributed by atoms with Crippen molar-refractivity contribution in [2.75, 3.05) is 19.7 Å². The maximum absolute atomic E-state index is 11.7. The number of nitrogens with one attached hydrogen (secondary N) is 1. The minimum absolute atomic E-state index is 0.0631. The van der Waals surface area contributed by atoms with Gasteiger partial charge in [-0.25, -0.2) is 0 Å². The van der Waals surface area contributed by atoms with Crippen molar-refractivity contribution in [3.63, 3.8) is 0 Å². The van der Waals surface area contributed by atoms with E-state index >= 15 is 0 Å². The molecule has 0 spiro atoms. The smallest absolute Gasteiger partial charge is 0.252 e. The summed E-state index contributed by atoms with van der Waals surface area (Å²) in [7, 11) is 0. The van der Waals surface area contributed by atoms with Crippen LogP contribution in [0.1, 0.15) is 34.1 Å². The normalized spacial score (nSPS) is 11.4. The van der Waals surface area contributed by atoms with E-state index < -0.39 is 11.5 Å². The molecule has 20 heavy (non-hydrogen) atoms. The van der Waals surface area contributed by atoms with Gasteiger partial charge < -0.3 is 10.1 Å². The molecule has 0 aliphatic rings. The number of carbonyl (C=O) groups excluding carboxylic acids is 3. The van der Waals surface area contributed by atoms with Crippen LogP contribution in [-0.4, -0.2) is 48.4 Å². The zero-order valence-electron chi connectivity index (χ0n) is 12.6. The first-order chi connectivity index (χ1) is 9.36. The molecular weight excluding hydrogens is 260 g/mol. The Bertz CT molecular complexity index is 364. The molecule has 0 saturated heterocycles. The molecule has 6 heteroatoms. The van der Waals surface area contributed by atoms with E-state index in [4.69, 9.17) is 4.74 Å². The molecule has 0 aliphatic heterocycles. The lowest BCUT2D eigenvalue weighted by atomic mass is 10.1. The van der Waals surface area contributed by atoms with Gasteiger partial charge >= 0.3 is 0 Å². The van der Waals surface area contributed by atoms with Crippen molar-refractivity contribution >= 4 is 18.2 Å². The molecule has 114 valence electrons. The first kappa shape index (κ1) is 18.3. The quantitative estimate of drug-likeness (QED) is 0.503. The van der Waals surface area contributed by atoms with Crippen LogP contribution in [-0.2, 0) is 19.1 Å². The summed E-state index contributed by atoms with van der Waals surface area (Å²) in [5, 5.41) is 2.72. The fourth-order valence-corrected chi connectivity index (χ4v) is 1.52. The minimum Gasteiger partial charge on any atom is -0.374 e. The van der Waals surface area contributed by atoms with E-state index in [1.165, 1.54) is 6.08 Å². The van der Waals surface area contributed by atoms with Gasteiger partial charge in [-0.05, 0) is 33.8 Å².